The average molecular weight is 296 g/mol. The second-order valence-corrected chi connectivity index (χ2v) is 5.72. The number of rotatable bonds is 6. The fourth-order valence-electron chi connectivity index (χ4n) is 2.33. The zero-order valence-corrected chi connectivity index (χ0v) is 13.5. The summed E-state index contributed by atoms with van der Waals surface area (Å²) in [5.74, 6) is 0.0555. The zero-order valence-electron chi connectivity index (χ0n) is 13.5. The molecule has 0 radical (unpaired) electrons. The first-order valence-corrected chi connectivity index (χ1v) is 7.64. The summed E-state index contributed by atoms with van der Waals surface area (Å²) < 4.78 is 0. The lowest BCUT2D eigenvalue weighted by Gasteiger charge is -2.24. The molecule has 116 valence electrons. The standard InChI is InChI=1S/C19H24N2O/c1-15-9-7-8-12-18(15)14-21(3)16(2)19(22)20-13-17-10-5-4-6-11-17/h4-12,16H,13-14H2,1-3H3,(H,20,22)/t16-/m0/s1. The molecule has 1 atom stereocenters. The number of amides is 1. The van der Waals surface area contributed by atoms with Crippen LogP contribution in [0.25, 0.3) is 0 Å². The summed E-state index contributed by atoms with van der Waals surface area (Å²) in [5, 5.41) is 3.00. The second kappa shape index (κ2) is 7.76. The van der Waals surface area contributed by atoms with Crippen molar-refractivity contribution in [2.75, 3.05) is 7.05 Å². The minimum absolute atomic E-state index is 0.0555. The molecule has 0 aliphatic rings. The van der Waals surface area contributed by atoms with Crippen molar-refractivity contribution in [2.24, 2.45) is 0 Å². The maximum absolute atomic E-state index is 12.3. The number of aryl methyl sites for hydroxylation is 1. The number of likely N-dealkylation sites (N-methyl/N-ethyl adjacent to an activating group) is 1. The van der Waals surface area contributed by atoms with Crippen molar-refractivity contribution in [3.63, 3.8) is 0 Å². The van der Waals surface area contributed by atoms with Gasteiger partial charge in [-0.15, -0.1) is 0 Å². The van der Waals surface area contributed by atoms with E-state index in [1.807, 2.05) is 56.4 Å². The lowest BCUT2D eigenvalue weighted by molar-refractivity contribution is -0.125. The molecule has 0 bridgehead atoms. The van der Waals surface area contributed by atoms with E-state index < -0.39 is 0 Å². The predicted octanol–water partition coefficient (Wildman–Crippen LogP) is 3.13. The normalized spacial score (nSPS) is 12.2. The highest BCUT2D eigenvalue weighted by molar-refractivity contribution is 5.81. The number of carbonyl (C=O) groups excluding carboxylic acids is 1. The van der Waals surface area contributed by atoms with Crippen LogP contribution in [-0.2, 0) is 17.9 Å². The van der Waals surface area contributed by atoms with E-state index in [4.69, 9.17) is 0 Å². The summed E-state index contributed by atoms with van der Waals surface area (Å²) in [7, 11) is 1.99. The summed E-state index contributed by atoms with van der Waals surface area (Å²) >= 11 is 0. The van der Waals surface area contributed by atoms with Gasteiger partial charge >= 0.3 is 0 Å². The fraction of sp³-hybridized carbons (Fsp3) is 0.316. The lowest BCUT2D eigenvalue weighted by atomic mass is 10.1. The highest BCUT2D eigenvalue weighted by Gasteiger charge is 2.18. The number of hydrogen-bond donors (Lipinski definition) is 1. The molecule has 0 heterocycles. The Hall–Kier alpha value is -2.13. The molecular weight excluding hydrogens is 272 g/mol. The number of hydrogen-bond acceptors (Lipinski definition) is 2. The van der Waals surface area contributed by atoms with E-state index in [9.17, 15) is 4.79 Å². The summed E-state index contributed by atoms with van der Waals surface area (Å²) in [5.41, 5.74) is 3.63. The van der Waals surface area contributed by atoms with Crippen molar-refractivity contribution in [1.82, 2.24) is 10.2 Å². The fourth-order valence-corrected chi connectivity index (χ4v) is 2.33. The van der Waals surface area contributed by atoms with Crippen LogP contribution in [0.1, 0.15) is 23.6 Å². The monoisotopic (exact) mass is 296 g/mol. The zero-order chi connectivity index (χ0) is 15.9. The molecule has 0 aliphatic heterocycles. The number of benzene rings is 2. The first-order valence-electron chi connectivity index (χ1n) is 7.64. The number of nitrogens with zero attached hydrogens (tertiary/aromatic N) is 1. The molecule has 0 saturated heterocycles. The molecule has 2 aromatic carbocycles. The maximum Gasteiger partial charge on any atom is 0.237 e. The van der Waals surface area contributed by atoms with Crippen LogP contribution in [0.5, 0.6) is 0 Å². The third kappa shape index (κ3) is 4.43. The van der Waals surface area contributed by atoms with E-state index in [1.165, 1.54) is 11.1 Å². The van der Waals surface area contributed by atoms with Gasteiger partial charge in [0.25, 0.3) is 0 Å². The maximum atomic E-state index is 12.3. The van der Waals surface area contributed by atoms with Crippen LogP contribution in [0, 0.1) is 6.92 Å². The summed E-state index contributed by atoms with van der Waals surface area (Å²) in [6.45, 7) is 5.39. The smallest absolute Gasteiger partial charge is 0.237 e. The van der Waals surface area contributed by atoms with Crippen molar-refractivity contribution in [1.29, 1.82) is 0 Å². The van der Waals surface area contributed by atoms with E-state index in [0.717, 1.165) is 12.1 Å². The van der Waals surface area contributed by atoms with Crippen LogP contribution in [0.3, 0.4) is 0 Å². The van der Waals surface area contributed by atoms with Gasteiger partial charge in [-0.1, -0.05) is 54.6 Å². The summed E-state index contributed by atoms with van der Waals surface area (Å²) in [6, 6.07) is 18.1. The van der Waals surface area contributed by atoms with Gasteiger partial charge in [0.05, 0.1) is 6.04 Å². The Morgan fingerprint density at radius 2 is 1.73 bits per heavy atom. The molecule has 1 N–H and O–H groups in total. The van der Waals surface area contributed by atoms with Gasteiger partial charge in [-0.25, -0.2) is 0 Å². The Bertz CT molecular complexity index is 610. The molecule has 0 aromatic heterocycles. The molecule has 0 spiro atoms. The highest BCUT2D eigenvalue weighted by atomic mass is 16.2. The molecule has 0 aliphatic carbocycles. The molecule has 0 unspecified atom stereocenters. The Balaban J connectivity index is 1.88. The van der Waals surface area contributed by atoms with Gasteiger partial charge in [-0.3, -0.25) is 9.69 Å². The van der Waals surface area contributed by atoms with Crippen molar-refractivity contribution in [3.05, 3.63) is 71.3 Å². The molecule has 0 saturated carbocycles. The molecule has 22 heavy (non-hydrogen) atoms. The van der Waals surface area contributed by atoms with Gasteiger partial charge in [0.15, 0.2) is 0 Å². The van der Waals surface area contributed by atoms with Gasteiger partial charge in [0.1, 0.15) is 0 Å². The van der Waals surface area contributed by atoms with Crippen LogP contribution in [-0.4, -0.2) is 23.9 Å². The van der Waals surface area contributed by atoms with E-state index in [-0.39, 0.29) is 11.9 Å². The first kappa shape index (κ1) is 16.2. The van der Waals surface area contributed by atoms with Gasteiger partial charge in [0, 0.05) is 13.1 Å². The minimum atomic E-state index is -0.164. The van der Waals surface area contributed by atoms with E-state index in [1.54, 1.807) is 0 Å². The molecular formula is C19H24N2O. The molecule has 2 aromatic rings. The Morgan fingerprint density at radius 3 is 2.41 bits per heavy atom. The van der Waals surface area contributed by atoms with Crippen LogP contribution in [0.2, 0.25) is 0 Å². The van der Waals surface area contributed by atoms with Crippen molar-refractivity contribution < 1.29 is 4.79 Å². The van der Waals surface area contributed by atoms with E-state index >= 15 is 0 Å². The summed E-state index contributed by atoms with van der Waals surface area (Å²) in [4.78, 5) is 14.4. The molecule has 1 amide bonds. The molecule has 3 nitrogen and oxygen atoms in total. The van der Waals surface area contributed by atoms with Gasteiger partial charge in [0.2, 0.25) is 5.91 Å². The van der Waals surface area contributed by atoms with Crippen molar-refractivity contribution in [2.45, 2.75) is 33.0 Å². The number of carbonyl (C=O) groups is 1. The van der Waals surface area contributed by atoms with Gasteiger partial charge < -0.3 is 5.32 Å². The number of nitrogens with one attached hydrogen (secondary N) is 1. The lowest BCUT2D eigenvalue weighted by Crippen LogP contribution is -2.42. The van der Waals surface area contributed by atoms with Crippen LogP contribution in [0.4, 0.5) is 0 Å². The summed E-state index contributed by atoms with van der Waals surface area (Å²) in [6.07, 6.45) is 0. The quantitative estimate of drug-likeness (QED) is 0.888. The molecule has 0 fully saturated rings. The van der Waals surface area contributed by atoms with Crippen LogP contribution < -0.4 is 5.32 Å². The average Bonchev–Trinajstić information content (AvgIpc) is 2.55. The largest absolute Gasteiger partial charge is 0.351 e. The third-order valence-electron chi connectivity index (χ3n) is 4.03. The molecule has 2 rings (SSSR count). The van der Waals surface area contributed by atoms with E-state index in [0.29, 0.717) is 6.54 Å². The third-order valence-corrected chi connectivity index (χ3v) is 4.03. The van der Waals surface area contributed by atoms with E-state index in [2.05, 4.69) is 29.3 Å². The van der Waals surface area contributed by atoms with Crippen molar-refractivity contribution >= 4 is 5.91 Å². The Morgan fingerprint density at radius 1 is 1.09 bits per heavy atom. The Labute approximate surface area is 133 Å². The first-order chi connectivity index (χ1) is 10.6. The topological polar surface area (TPSA) is 32.3 Å². The molecule has 3 heteroatoms. The van der Waals surface area contributed by atoms with Crippen LogP contribution in [0.15, 0.2) is 54.6 Å². The Kier molecular flexibility index (Phi) is 5.73. The SMILES string of the molecule is Cc1ccccc1CN(C)[C@@H](C)C(=O)NCc1ccccc1. The predicted molar refractivity (Wildman–Crippen MR) is 90.4 cm³/mol. The van der Waals surface area contributed by atoms with Gasteiger partial charge in [-0.05, 0) is 37.6 Å². The second-order valence-electron chi connectivity index (χ2n) is 5.72. The van der Waals surface area contributed by atoms with Gasteiger partial charge in [-0.2, -0.15) is 0 Å². The highest BCUT2D eigenvalue weighted by Crippen LogP contribution is 2.11. The van der Waals surface area contributed by atoms with Crippen molar-refractivity contribution in [3.8, 4) is 0 Å². The van der Waals surface area contributed by atoms with Crippen LogP contribution >= 0.6 is 0 Å². The minimum Gasteiger partial charge on any atom is -0.351 e.